The number of ether oxygens (including phenoxy) is 1. The molecule has 2 aliphatic heterocycles. The standard InChI is InChI=1S/C16H22BrNOS/c1-16(7-3-9-20-16)11-18-14-4-2-8-19-15-10-12(17)5-6-13(14)15/h5-6,10,14,18H,2-4,7-9,11H2,1H3. The molecule has 1 aromatic carbocycles. The molecule has 1 saturated heterocycles. The fourth-order valence-electron chi connectivity index (χ4n) is 3.07. The fourth-order valence-corrected chi connectivity index (χ4v) is 4.67. The molecule has 2 heterocycles. The number of hydrogen-bond donors (Lipinski definition) is 1. The molecule has 0 aliphatic carbocycles. The van der Waals surface area contributed by atoms with Gasteiger partial charge in [0.25, 0.3) is 0 Å². The molecule has 0 amide bonds. The van der Waals surface area contributed by atoms with Crippen LogP contribution in [0.4, 0.5) is 0 Å². The number of halogens is 1. The molecular formula is C16H22BrNOS. The third kappa shape index (κ3) is 3.34. The second kappa shape index (κ2) is 6.29. The molecule has 1 fully saturated rings. The summed E-state index contributed by atoms with van der Waals surface area (Å²) in [7, 11) is 0. The highest BCUT2D eigenvalue weighted by atomic mass is 79.9. The first kappa shape index (κ1) is 14.7. The van der Waals surface area contributed by atoms with Crippen molar-refractivity contribution in [3.8, 4) is 5.75 Å². The summed E-state index contributed by atoms with van der Waals surface area (Å²) in [5, 5.41) is 3.80. The summed E-state index contributed by atoms with van der Waals surface area (Å²) in [4.78, 5) is 0. The Bertz CT molecular complexity index is 474. The van der Waals surface area contributed by atoms with Crippen molar-refractivity contribution in [1.29, 1.82) is 0 Å². The predicted octanol–water partition coefficient (Wildman–Crippen LogP) is 4.54. The lowest BCUT2D eigenvalue weighted by Crippen LogP contribution is -2.35. The van der Waals surface area contributed by atoms with E-state index in [4.69, 9.17) is 4.74 Å². The quantitative estimate of drug-likeness (QED) is 0.859. The van der Waals surface area contributed by atoms with E-state index in [1.54, 1.807) is 0 Å². The van der Waals surface area contributed by atoms with E-state index in [1.165, 1.54) is 24.2 Å². The molecule has 2 aliphatic rings. The lowest BCUT2D eigenvalue weighted by atomic mass is 10.00. The van der Waals surface area contributed by atoms with E-state index in [0.29, 0.717) is 10.8 Å². The maximum atomic E-state index is 5.88. The van der Waals surface area contributed by atoms with Gasteiger partial charge in [0.1, 0.15) is 5.75 Å². The van der Waals surface area contributed by atoms with E-state index < -0.39 is 0 Å². The lowest BCUT2D eigenvalue weighted by molar-refractivity contribution is 0.314. The second-order valence-corrected chi connectivity index (χ2v) is 8.61. The first-order valence-electron chi connectivity index (χ1n) is 7.46. The highest BCUT2D eigenvalue weighted by molar-refractivity contribution is 9.10. The largest absolute Gasteiger partial charge is 0.493 e. The third-order valence-electron chi connectivity index (χ3n) is 4.27. The molecule has 4 heteroatoms. The summed E-state index contributed by atoms with van der Waals surface area (Å²) in [5.74, 6) is 2.36. The van der Waals surface area contributed by atoms with Crippen molar-refractivity contribution in [2.24, 2.45) is 0 Å². The van der Waals surface area contributed by atoms with Crippen molar-refractivity contribution in [1.82, 2.24) is 5.32 Å². The summed E-state index contributed by atoms with van der Waals surface area (Å²) in [6, 6.07) is 6.85. The van der Waals surface area contributed by atoms with Crippen LogP contribution in [-0.4, -0.2) is 23.7 Å². The highest BCUT2D eigenvalue weighted by Crippen LogP contribution is 2.39. The zero-order valence-corrected chi connectivity index (χ0v) is 14.4. The molecule has 0 saturated carbocycles. The SMILES string of the molecule is CC1(CNC2CCCOc3cc(Br)ccc32)CCCS1. The number of nitrogens with one attached hydrogen (secondary N) is 1. The Morgan fingerprint density at radius 3 is 3.15 bits per heavy atom. The van der Waals surface area contributed by atoms with Crippen molar-refractivity contribution >= 4 is 27.7 Å². The number of hydrogen-bond acceptors (Lipinski definition) is 3. The van der Waals surface area contributed by atoms with Crippen LogP contribution in [0, 0.1) is 0 Å². The van der Waals surface area contributed by atoms with Gasteiger partial charge in [0.05, 0.1) is 6.61 Å². The number of fused-ring (bicyclic) bond motifs is 1. The third-order valence-corrected chi connectivity index (χ3v) is 6.30. The Kier molecular flexibility index (Phi) is 4.63. The van der Waals surface area contributed by atoms with Gasteiger partial charge in [0.2, 0.25) is 0 Å². The molecule has 0 radical (unpaired) electrons. The van der Waals surface area contributed by atoms with Gasteiger partial charge in [0, 0.05) is 27.4 Å². The van der Waals surface area contributed by atoms with Crippen LogP contribution in [0.3, 0.4) is 0 Å². The molecule has 0 spiro atoms. The summed E-state index contributed by atoms with van der Waals surface area (Å²) in [6.45, 7) is 4.32. The molecular weight excluding hydrogens is 334 g/mol. The van der Waals surface area contributed by atoms with Crippen molar-refractivity contribution in [3.05, 3.63) is 28.2 Å². The summed E-state index contributed by atoms with van der Waals surface area (Å²) in [5.41, 5.74) is 1.32. The Balaban J connectivity index is 1.73. The van der Waals surface area contributed by atoms with Gasteiger partial charge < -0.3 is 10.1 Å². The first-order valence-corrected chi connectivity index (χ1v) is 9.24. The number of benzene rings is 1. The van der Waals surface area contributed by atoms with E-state index >= 15 is 0 Å². The minimum Gasteiger partial charge on any atom is -0.493 e. The van der Waals surface area contributed by atoms with E-state index in [-0.39, 0.29) is 0 Å². The molecule has 1 aromatic rings. The van der Waals surface area contributed by atoms with E-state index in [9.17, 15) is 0 Å². The summed E-state index contributed by atoms with van der Waals surface area (Å²) < 4.78 is 7.39. The predicted molar refractivity (Wildman–Crippen MR) is 89.7 cm³/mol. The minimum atomic E-state index is 0.419. The van der Waals surface area contributed by atoms with Gasteiger partial charge in [-0.1, -0.05) is 22.0 Å². The van der Waals surface area contributed by atoms with Gasteiger partial charge in [0.15, 0.2) is 0 Å². The lowest BCUT2D eigenvalue weighted by Gasteiger charge is -2.27. The molecule has 0 bridgehead atoms. The van der Waals surface area contributed by atoms with E-state index in [1.807, 2.05) is 0 Å². The van der Waals surface area contributed by atoms with Crippen molar-refractivity contribution in [2.45, 2.75) is 43.4 Å². The Labute approximate surface area is 134 Å². The van der Waals surface area contributed by atoms with Gasteiger partial charge in [-0.2, -0.15) is 11.8 Å². The molecule has 3 rings (SSSR count). The Morgan fingerprint density at radius 1 is 1.45 bits per heavy atom. The van der Waals surface area contributed by atoms with Gasteiger partial charge in [-0.15, -0.1) is 0 Å². The maximum absolute atomic E-state index is 5.88. The normalized spacial score (nSPS) is 29.6. The summed E-state index contributed by atoms with van der Waals surface area (Å²) >= 11 is 5.65. The molecule has 2 nitrogen and oxygen atoms in total. The maximum Gasteiger partial charge on any atom is 0.125 e. The molecule has 20 heavy (non-hydrogen) atoms. The topological polar surface area (TPSA) is 21.3 Å². The summed E-state index contributed by atoms with van der Waals surface area (Å²) in [6.07, 6.45) is 4.98. The van der Waals surface area contributed by atoms with Crippen molar-refractivity contribution in [3.63, 3.8) is 0 Å². The van der Waals surface area contributed by atoms with Crippen LogP contribution in [0.25, 0.3) is 0 Å². The molecule has 2 atom stereocenters. The van der Waals surface area contributed by atoms with E-state index in [0.717, 1.165) is 36.2 Å². The first-order chi connectivity index (χ1) is 9.66. The van der Waals surface area contributed by atoms with Gasteiger partial charge in [-0.25, -0.2) is 0 Å². The minimum absolute atomic E-state index is 0.419. The van der Waals surface area contributed by atoms with Crippen LogP contribution in [0.15, 0.2) is 22.7 Å². The Hall–Kier alpha value is -0.190. The molecule has 110 valence electrons. The zero-order chi connectivity index (χ0) is 14.0. The van der Waals surface area contributed by atoms with Gasteiger partial charge in [-0.3, -0.25) is 0 Å². The molecule has 0 aromatic heterocycles. The van der Waals surface area contributed by atoms with Crippen molar-refractivity contribution in [2.75, 3.05) is 18.9 Å². The van der Waals surface area contributed by atoms with E-state index in [2.05, 4.69) is 58.1 Å². The molecule has 1 N–H and O–H groups in total. The van der Waals surface area contributed by atoms with Gasteiger partial charge >= 0.3 is 0 Å². The zero-order valence-electron chi connectivity index (χ0n) is 12.0. The highest BCUT2D eigenvalue weighted by Gasteiger charge is 2.30. The number of rotatable bonds is 3. The monoisotopic (exact) mass is 355 g/mol. The van der Waals surface area contributed by atoms with Crippen LogP contribution >= 0.6 is 27.7 Å². The van der Waals surface area contributed by atoms with Crippen LogP contribution in [0.1, 0.15) is 44.2 Å². The second-order valence-electron chi connectivity index (χ2n) is 6.01. The smallest absolute Gasteiger partial charge is 0.125 e. The van der Waals surface area contributed by atoms with Crippen LogP contribution < -0.4 is 10.1 Å². The fraction of sp³-hybridized carbons (Fsp3) is 0.625. The van der Waals surface area contributed by atoms with Crippen LogP contribution in [-0.2, 0) is 0 Å². The average Bonchev–Trinajstić information content (AvgIpc) is 2.76. The number of thioether (sulfide) groups is 1. The average molecular weight is 356 g/mol. The van der Waals surface area contributed by atoms with Crippen LogP contribution in [0.2, 0.25) is 0 Å². The van der Waals surface area contributed by atoms with Gasteiger partial charge in [-0.05, 0) is 50.5 Å². The van der Waals surface area contributed by atoms with Crippen LogP contribution in [0.5, 0.6) is 5.75 Å². The van der Waals surface area contributed by atoms with Crippen molar-refractivity contribution < 1.29 is 4.74 Å². The Morgan fingerprint density at radius 2 is 2.35 bits per heavy atom. The molecule has 2 unspecified atom stereocenters.